The second kappa shape index (κ2) is 78.8. The number of nitrogens with one attached hydrogen (secondary N) is 1. The van der Waals surface area contributed by atoms with Crippen molar-refractivity contribution in [1.29, 1.82) is 0 Å². The Balaban J connectivity index is 3.30. The summed E-state index contributed by atoms with van der Waals surface area (Å²) in [6.45, 7) is 4.98. The van der Waals surface area contributed by atoms with Gasteiger partial charge in [0.25, 0.3) is 0 Å². The van der Waals surface area contributed by atoms with Crippen molar-refractivity contribution >= 4 is 11.9 Å². The number of hydrogen-bond donors (Lipinski definition) is 3. The molecule has 0 radical (unpaired) electrons. The molecule has 0 aliphatic rings. The number of esters is 1. The van der Waals surface area contributed by atoms with E-state index in [2.05, 4.69) is 43.5 Å². The average Bonchev–Trinajstić information content (AvgIpc) is 3.63. The number of unbranched alkanes of at least 4 members (excludes halogenated alkanes) is 63. The summed E-state index contributed by atoms with van der Waals surface area (Å²) in [6, 6.07) is -0.537. The molecular formula is C83H161NO5. The third-order valence-corrected chi connectivity index (χ3v) is 19.5. The lowest BCUT2D eigenvalue weighted by Crippen LogP contribution is -2.45. The highest BCUT2D eigenvalue weighted by Crippen LogP contribution is 2.21. The third-order valence-electron chi connectivity index (χ3n) is 19.5. The van der Waals surface area contributed by atoms with Gasteiger partial charge in [-0.25, -0.2) is 0 Å². The van der Waals surface area contributed by atoms with Gasteiger partial charge in [-0.1, -0.05) is 423 Å². The maximum absolute atomic E-state index is 12.6. The molecule has 89 heavy (non-hydrogen) atoms. The van der Waals surface area contributed by atoms with Crippen LogP contribution in [0.1, 0.15) is 470 Å². The molecule has 0 heterocycles. The average molecular weight is 1250 g/mol. The van der Waals surface area contributed by atoms with E-state index in [-0.39, 0.29) is 18.5 Å². The molecule has 528 valence electrons. The van der Waals surface area contributed by atoms with E-state index in [0.717, 1.165) is 44.9 Å². The fraction of sp³-hybridized carbons (Fsp3) is 0.928. The van der Waals surface area contributed by atoms with Crippen LogP contribution in [0.25, 0.3) is 0 Å². The van der Waals surface area contributed by atoms with Crippen LogP contribution in [0.4, 0.5) is 0 Å². The Kier molecular flexibility index (Phi) is 77.3. The Bertz CT molecular complexity index is 1400. The van der Waals surface area contributed by atoms with Gasteiger partial charge in [0.2, 0.25) is 5.91 Å². The van der Waals surface area contributed by atoms with E-state index in [1.807, 2.05) is 0 Å². The van der Waals surface area contributed by atoms with Crippen molar-refractivity contribution in [2.45, 2.75) is 482 Å². The molecule has 1 amide bonds. The molecule has 6 nitrogen and oxygen atoms in total. The molecular weight excluding hydrogens is 1090 g/mol. The van der Waals surface area contributed by atoms with E-state index in [4.69, 9.17) is 4.74 Å². The lowest BCUT2D eigenvalue weighted by atomic mass is 10.0. The van der Waals surface area contributed by atoms with Gasteiger partial charge >= 0.3 is 5.97 Å². The first-order chi connectivity index (χ1) is 44.0. The Hall–Kier alpha value is -1.66. The molecule has 0 fully saturated rings. The fourth-order valence-electron chi connectivity index (χ4n) is 13.3. The molecule has 0 aromatic carbocycles. The van der Waals surface area contributed by atoms with Gasteiger partial charge in [-0.15, -0.1) is 0 Å². The second-order valence-electron chi connectivity index (χ2n) is 28.5. The number of rotatable bonds is 78. The molecule has 6 heteroatoms. The molecule has 0 saturated carbocycles. The van der Waals surface area contributed by atoms with Crippen LogP contribution in [0.2, 0.25) is 0 Å². The van der Waals surface area contributed by atoms with Gasteiger partial charge < -0.3 is 20.3 Å². The zero-order valence-corrected chi connectivity index (χ0v) is 60.7. The second-order valence-corrected chi connectivity index (χ2v) is 28.5. The van der Waals surface area contributed by atoms with Crippen LogP contribution in [0.3, 0.4) is 0 Å². The maximum atomic E-state index is 12.6. The molecule has 2 atom stereocenters. The van der Waals surface area contributed by atoms with Gasteiger partial charge in [-0.2, -0.15) is 0 Å². The van der Waals surface area contributed by atoms with E-state index in [0.29, 0.717) is 25.9 Å². The summed E-state index contributed by atoms with van der Waals surface area (Å²) in [5.74, 6) is -0.00494. The van der Waals surface area contributed by atoms with Crippen LogP contribution in [0.15, 0.2) is 24.3 Å². The molecule has 0 aliphatic carbocycles. The lowest BCUT2D eigenvalue weighted by Gasteiger charge is -2.22. The first kappa shape index (κ1) is 87.3. The van der Waals surface area contributed by atoms with Crippen molar-refractivity contribution in [1.82, 2.24) is 5.32 Å². The van der Waals surface area contributed by atoms with Gasteiger partial charge in [0.1, 0.15) is 0 Å². The molecule has 0 saturated heterocycles. The zero-order valence-electron chi connectivity index (χ0n) is 60.7. The Morgan fingerprint density at radius 1 is 0.315 bits per heavy atom. The molecule has 3 N–H and O–H groups in total. The van der Waals surface area contributed by atoms with Crippen LogP contribution >= 0.6 is 0 Å². The van der Waals surface area contributed by atoms with Crippen LogP contribution < -0.4 is 5.32 Å². The number of aliphatic hydroxyl groups is 2. The van der Waals surface area contributed by atoms with E-state index in [1.54, 1.807) is 0 Å². The van der Waals surface area contributed by atoms with Crippen LogP contribution in [0, 0.1) is 0 Å². The molecule has 0 bridgehead atoms. The lowest BCUT2D eigenvalue weighted by molar-refractivity contribution is -0.143. The minimum absolute atomic E-state index is 0.0199. The standard InChI is InChI=1S/C83H161NO5/c1-3-5-7-9-11-13-15-17-19-21-40-45-49-53-57-61-65-69-73-77-83(88)89-78-74-70-66-62-58-54-50-46-42-39-37-35-33-31-29-27-25-23-24-26-28-30-32-34-36-38-41-44-48-52-56-60-64-68-72-76-82(87)84-80(79-85)81(86)75-71-67-63-59-55-51-47-43-22-20-18-16-14-12-10-8-6-4-2/h11,13,17,19,80-81,85-86H,3-10,12,14-16,18,20-79H2,1-2H3,(H,84,87)/b13-11-,19-17-. The van der Waals surface area contributed by atoms with E-state index >= 15 is 0 Å². The van der Waals surface area contributed by atoms with Crippen LogP contribution in [-0.2, 0) is 14.3 Å². The molecule has 0 spiro atoms. The normalized spacial score (nSPS) is 12.5. The summed E-state index contributed by atoms with van der Waals surface area (Å²) < 4.78 is 5.52. The van der Waals surface area contributed by atoms with E-state index in [9.17, 15) is 19.8 Å². The SMILES string of the molecule is CCCCC/C=C\C/C=C\CCCCCCCCCCCC(=O)OCCCCCCCCCCCCCCCCCCCCCCCCCCCCCCCCCCCCCC(=O)NC(CO)C(O)CCCCCCCCCCCCCCCCCCCC. The highest BCUT2D eigenvalue weighted by Gasteiger charge is 2.20. The van der Waals surface area contributed by atoms with Gasteiger partial charge in [-0.3, -0.25) is 9.59 Å². The van der Waals surface area contributed by atoms with Crippen molar-refractivity contribution in [3.63, 3.8) is 0 Å². The predicted molar refractivity (Wildman–Crippen MR) is 393 cm³/mol. The number of carbonyl (C=O) groups is 2. The summed E-state index contributed by atoms with van der Waals surface area (Å²) in [5.41, 5.74) is 0. The molecule has 0 aromatic rings. The largest absolute Gasteiger partial charge is 0.466 e. The first-order valence-electron chi connectivity index (χ1n) is 41.1. The molecule has 0 aliphatic heterocycles. The summed E-state index contributed by atoms with van der Waals surface area (Å²) in [6.07, 6.45) is 101. The van der Waals surface area contributed by atoms with Crippen LogP contribution in [-0.4, -0.2) is 47.4 Å². The van der Waals surface area contributed by atoms with Crippen molar-refractivity contribution in [2.24, 2.45) is 0 Å². The fourth-order valence-corrected chi connectivity index (χ4v) is 13.3. The zero-order chi connectivity index (χ0) is 64.2. The summed E-state index contributed by atoms with van der Waals surface area (Å²) in [7, 11) is 0. The topological polar surface area (TPSA) is 95.9 Å². The predicted octanol–water partition coefficient (Wildman–Crippen LogP) is 27.2. The molecule has 2 unspecified atom stereocenters. The van der Waals surface area contributed by atoms with Gasteiger partial charge in [0.15, 0.2) is 0 Å². The van der Waals surface area contributed by atoms with E-state index in [1.165, 1.54) is 392 Å². The quantitative estimate of drug-likeness (QED) is 0.0320. The number of hydrogen-bond acceptors (Lipinski definition) is 5. The monoisotopic (exact) mass is 1250 g/mol. The Morgan fingerprint density at radius 2 is 0.562 bits per heavy atom. The minimum Gasteiger partial charge on any atom is -0.466 e. The number of carbonyl (C=O) groups excluding carboxylic acids is 2. The Morgan fingerprint density at radius 3 is 0.876 bits per heavy atom. The summed E-state index contributed by atoms with van der Waals surface area (Å²) in [4.78, 5) is 24.7. The first-order valence-corrected chi connectivity index (χ1v) is 41.1. The Labute approximate surface area is 558 Å². The highest BCUT2D eigenvalue weighted by molar-refractivity contribution is 5.76. The highest BCUT2D eigenvalue weighted by atomic mass is 16.5. The molecule has 0 aromatic heterocycles. The number of allylic oxidation sites excluding steroid dienone is 4. The van der Waals surface area contributed by atoms with Crippen molar-refractivity contribution in [2.75, 3.05) is 13.2 Å². The van der Waals surface area contributed by atoms with Crippen LogP contribution in [0.5, 0.6) is 0 Å². The smallest absolute Gasteiger partial charge is 0.305 e. The summed E-state index contributed by atoms with van der Waals surface area (Å²) in [5, 5.41) is 23.4. The minimum atomic E-state index is -0.661. The third kappa shape index (κ3) is 75.3. The number of amides is 1. The van der Waals surface area contributed by atoms with Crippen molar-refractivity contribution in [3.05, 3.63) is 24.3 Å². The van der Waals surface area contributed by atoms with Gasteiger partial charge in [-0.05, 0) is 57.8 Å². The van der Waals surface area contributed by atoms with Gasteiger partial charge in [0.05, 0.1) is 25.4 Å². The van der Waals surface area contributed by atoms with Crippen molar-refractivity contribution < 1.29 is 24.5 Å². The summed E-state index contributed by atoms with van der Waals surface area (Å²) >= 11 is 0. The van der Waals surface area contributed by atoms with E-state index < -0.39 is 12.1 Å². The number of ether oxygens (including phenoxy) is 1. The molecule has 0 rings (SSSR count). The van der Waals surface area contributed by atoms with Crippen molar-refractivity contribution in [3.8, 4) is 0 Å². The van der Waals surface area contributed by atoms with Gasteiger partial charge in [0, 0.05) is 12.8 Å². The number of aliphatic hydroxyl groups excluding tert-OH is 2. The maximum Gasteiger partial charge on any atom is 0.305 e.